The van der Waals surface area contributed by atoms with E-state index in [9.17, 15) is 24.5 Å². The Balaban J connectivity index is 1.39. The van der Waals surface area contributed by atoms with E-state index in [2.05, 4.69) is 37.1 Å². The van der Waals surface area contributed by atoms with Crippen LogP contribution in [-0.2, 0) is 14.3 Å². The first kappa shape index (κ1) is 30.8. The number of rotatable bonds is 11. The smallest absolute Gasteiger partial charge is 0.338 e. The summed E-state index contributed by atoms with van der Waals surface area (Å²) in [5.41, 5.74) is 3.60. The van der Waals surface area contributed by atoms with Gasteiger partial charge < -0.3 is 29.3 Å². The summed E-state index contributed by atoms with van der Waals surface area (Å²) in [5.74, 6) is -0.165. The predicted octanol–water partition coefficient (Wildman–Crippen LogP) is 4.35. The minimum atomic E-state index is -0.801. The van der Waals surface area contributed by atoms with Gasteiger partial charge in [0.2, 0.25) is 0 Å². The number of allylic oxidation sites excluding steroid dienone is 1. The highest BCUT2D eigenvalue weighted by Crippen LogP contribution is 2.35. The molecule has 2 heterocycles. The largest absolute Gasteiger partial charge is 0.493 e. The van der Waals surface area contributed by atoms with Gasteiger partial charge >= 0.3 is 12.0 Å². The normalized spacial score (nSPS) is 14.6. The molecule has 0 unspecified atom stereocenters. The maximum Gasteiger partial charge on any atom is 0.338 e. The van der Waals surface area contributed by atoms with Gasteiger partial charge in [0.25, 0.3) is 11.6 Å². The molecule has 0 saturated carbocycles. The fourth-order valence-electron chi connectivity index (χ4n) is 4.18. The summed E-state index contributed by atoms with van der Waals surface area (Å²) in [7, 11) is 1.41. The fourth-order valence-corrected chi connectivity index (χ4v) is 4.53. The summed E-state index contributed by atoms with van der Waals surface area (Å²) in [4.78, 5) is 47.9. The first-order valence-electron chi connectivity index (χ1n) is 12.7. The summed E-state index contributed by atoms with van der Waals surface area (Å²) in [6.07, 6.45) is 1.24. The number of benzene rings is 2. The summed E-state index contributed by atoms with van der Waals surface area (Å²) in [6, 6.07) is 11.2. The van der Waals surface area contributed by atoms with Crippen LogP contribution in [0.1, 0.15) is 31.2 Å². The fraction of sp³-hybridized carbons (Fsp3) is 0.214. The summed E-state index contributed by atoms with van der Waals surface area (Å²) < 4.78 is 22.3. The Morgan fingerprint density at radius 1 is 1.19 bits per heavy atom. The minimum Gasteiger partial charge on any atom is -0.493 e. The third-order valence-corrected chi connectivity index (χ3v) is 6.57. The number of nitro benzene ring substituents is 1. The number of hydrogen-bond acceptors (Lipinski definition) is 10. The van der Waals surface area contributed by atoms with Gasteiger partial charge in [-0.15, -0.1) is 0 Å². The zero-order valence-corrected chi connectivity index (χ0v) is 24.7. The van der Waals surface area contributed by atoms with Crippen LogP contribution < -0.4 is 25.5 Å². The van der Waals surface area contributed by atoms with Crippen molar-refractivity contribution in [2.24, 2.45) is 5.10 Å². The quantitative estimate of drug-likeness (QED) is 0.117. The van der Waals surface area contributed by atoms with Crippen LogP contribution in [0, 0.1) is 10.1 Å². The standard InChI is InChI=1S/C28H26BrN5O9/c1-4-41-27(36)25-15(2)31-28(37)32-26(25)16-5-9-22(23(11-16)40-3)42-14-24(35)33-30-13-18-7-10-21(43-18)19-8-6-17(29)12-20(19)34(38)39/h5-13,26H,4,14H2,1-3H3,(H,33,35)(H2,31,32,37)/b30-13-/t26-/m0/s1. The van der Waals surface area contributed by atoms with E-state index in [1.165, 1.54) is 19.4 Å². The number of halogens is 1. The SMILES string of the molecule is CCOC(=O)C1=C(C)NC(=O)N[C@H]1c1ccc(OCC(=O)N/N=C\c2ccc(-c3ccc(Br)cc3[N+](=O)[O-])o2)c(OC)c1. The molecule has 224 valence electrons. The Morgan fingerprint density at radius 2 is 1.98 bits per heavy atom. The van der Waals surface area contributed by atoms with E-state index in [4.69, 9.17) is 18.6 Å². The molecule has 1 aromatic heterocycles. The molecule has 0 aliphatic carbocycles. The number of amides is 3. The number of methoxy groups -OCH3 is 1. The summed E-state index contributed by atoms with van der Waals surface area (Å²) in [6.45, 7) is 3.03. The van der Waals surface area contributed by atoms with Crippen molar-refractivity contribution < 1.29 is 37.9 Å². The molecule has 1 atom stereocenters. The lowest BCUT2D eigenvalue weighted by Gasteiger charge is -2.28. The van der Waals surface area contributed by atoms with Crippen LogP contribution in [0.2, 0.25) is 0 Å². The van der Waals surface area contributed by atoms with Crippen molar-refractivity contribution in [2.75, 3.05) is 20.3 Å². The van der Waals surface area contributed by atoms with Crippen LogP contribution in [-0.4, -0.2) is 49.4 Å². The lowest BCUT2D eigenvalue weighted by atomic mass is 9.95. The van der Waals surface area contributed by atoms with Crippen molar-refractivity contribution >= 4 is 45.7 Å². The van der Waals surface area contributed by atoms with Crippen LogP contribution in [0.15, 0.2) is 73.8 Å². The molecule has 43 heavy (non-hydrogen) atoms. The van der Waals surface area contributed by atoms with Crippen molar-refractivity contribution in [3.63, 3.8) is 0 Å². The number of furan rings is 1. The molecule has 1 aliphatic heterocycles. The van der Waals surface area contributed by atoms with Crippen molar-refractivity contribution in [3.8, 4) is 22.8 Å². The van der Waals surface area contributed by atoms with Gasteiger partial charge in [0.15, 0.2) is 18.1 Å². The molecular formula is C28H26BrN5O9. The number of nitro groups is 1. The first-order valence-corrected chi connectivity index (χ1v) is 13.5. The molecule has 4 rings (SSSR count). The monoisotopic (exact) mass is 655 g/mol. The van der Waals surface area contributed by atoms with Gasteiger partial charge in [-0.25, -0.2) is 15.0 Å². The van der Waals surface area contributed by atoms with Gasteiger partial charge in [0.1, 0.15) is 11.5 Å². The molecule has 0 fully saturated rings. The molecule has 0 saturated heterocycles. The number of carbonyl (C=O) groups excluding carboxylic acids is 3. The van der Waals surface area contributed by atoms with Crippen molar-refractivity contribution in [2.45, 2.75) is 19.9 Å². The Labute approximate surface area is 253 Å². The molecule has 3 aromatic rings. The van der Waals surface area contributed by atoms with Gasteiger partial charge in [0, 0.05) is 16.2 Å². The van der Waals surface area contributed by atoms with Crippen LogP contribution in [0.5, 0.6) is 11.5 Å². The maximum absolute atomic E-state index is 12.6. The van der Waals surface area contributed by atoms with Crippen LogP contribution in [0.25, 0.3) is 11.3 Å². The Kier molecular flexibility index (Phi) is 9.77. The molecular weight excluding hydrogens is 630 g/mol. The number of carbonyl (C=O) groups is 3. The van der Waals surface area contributed by atoms with E-state index in [1.54, 1.807) is 56.3 Å². The average Bonchev–Trinajstić information content (AvgIpc) is 3.44. The van der Waals surface area contributed by atoms with Gasteiger partial charge in [0.05, 0.1) is 42.0 Å². The topological polar surface area (TPSA) is 184 Å². The highest BCUT2D eigenvalue weighted by atomic mass is 79.9. The van der Waals surface area contributed by atoms with E-state index in [0.29, 0.717) is 15.7 Å². The zero-order chi connectivity index (χ0) is 31.1. The van der Waals surface area contributed by atoms with Crippen molar-refractivity contribution in [1.82, 2.24) is 16.1 Å². The van der Waals surface area contributed by atoms with E-state index < -0.39 is 35.5 Å². The molecule has 14 nitrogen and oxygen atoms in total. The molecule has 2 aromatic carbocycles. The summed E-state index contributed by atoms with van der Waals surface area (Å²) >= 11 is 3.21. The third-order valence-electron chi connectivity index (χ3n) is 6.07. The number of nitrogens with zero attached hydrogens (tertiary/aromatic N) is 2. The number of nitrogens with one attached hydrogen (secondary N) is 3. The van der Waals surface area contributed by atoms with Gasteiger partial charge in [-0.3, -0.25) is 14.9 Å². The molecule has 0 spiro atoms. The molecule has 0 radical (unpaired) electrons. The zero-order valence-electron chi connectivity index (χ0n) is 23.1. The van der Waals surface area contributed by atoms with E-state index in [1.807, 2.05) is 0 Å². The van der Waals surface area contributed by atoms with Crippen LogP contribution >= 0.6 is 15.9 Å². The highest BCUT2D eigenvalue weighted by Gasteiger charge is 2.32. The van der Waals surface area contributed by atoms with Crippen LogP contribution in [0.3, 0.4) is 0 Å². The predicted molar refractivity (Wildman–Crippen MR) is 156 cm³/mol. The van der Waals surface area contributed by atoms with E-state index in [0.717, 1.165) is 0 Å². The number of urea groups is 1. The molecule has 15 heteroatoms. The second-order valence-electron chi connectivity index (χ2n) is 8.90. The van der Waals surface area contributed by atoms with Crippen LogP contribution in [0.4, 0.5) is 10.5 Å². The summed E-state index contributed by atoms with van der Waals surface area (Å²) in [5, 5.41) is 20.5. The lowest BCUT2D eigenvalue weighted by molar-refractivity contribution is -0.384. The third kappa shape index (κ3) is 7.37. The minimum absolute atomic E-state index is 0.132. The van der Waals surface area contributed by atoms with E-state index >= 15 is 0 Å². The number of ether oxygens (including phenoxy) is 3. The van der Waals surface area contributed by atoms with E-state index in [-0.39, 0.29) is 46.5 Å². The maximum atomic E-state index is 12.6. The molecule has 1 aliphatic rings. The van der Waals surface area contributed by atoms with Crippen molar-refractivity contribution in [1.29, 1.82) is 0 Å². The molecule has 0 bridgehead atoms. The Hall–Kier alpha value is -5.18. The van der Waals surface area contributed by atoms with Gasteiger partial charge in [-0.05, 0) is 55.8 Å². The Morgan fingerprint density at radius 3 is 2.70 bits per heavy atom. The molecule has 3 amide bonds. The average molecular weight is 656 g/mol. The van der Waals surface area contributed by atoms with Gasteiger partial charge in [-0.1, -0.05) is 22.0 Å². The second kappa shape index (κ2) is 13.7. The number of hydrogen-bond donors (Lipinski definition) is 3. The van der Waals surface area contributed by atoms with Gasteiger partial charge in [-0.2, -0.15) is 5.10 Å². The Bertz CT molecular complexity index is 1630. The number of esters is 1. The number of hydrazone groups is 1. The highest BCUT2D eigenvalue weighted by molar-refractivity contribution is 9.10. The lowest BCUT2D eigenvalue weighted by Crippen LogP contribution is -2.45. The van der Waals surface area contributed by atoms with Crippen molar-refractivity contribution in [3.05, 3.63) is 85.7 Å². The first-order chi connectivity index (χ1) is 20.6. The molecule has 3 N–H and O–H groups in total. The second-order valence-corrected chi connectivity index (χ2v) is 9.82.